The fourth-order valence-electron chi connectivity index (χ4n) is 2.34. The number of nitrogens with one attached hydrogen (secondary N) is 2. The van der Waals surface area contributed by atoms with Crippen LogP contribution in [0.25, 0.3) is 0 Å². The molecule has 0 saturated carbocycles. The molecule has 0 aromatic heterocycles. The lowest BCUT2D eigenvalue weighted by Gasteiger charge is -2.12. The number of anilines is 1. The minimum atomic E-state index is -0.274. The summed E-state index contributed by atoms with van der Waals surface area (Å²) in [7, 11) is 0. The molecule has 28 heavy (non-hydrogen) atoms. The summed E-state index contributed by atoms with van der Waals surface area (Å²) in [6.07, 6.45) is 1.93. The third-order valence-electron chi connectivity index (χ3n) is 3.87. The first kappa shape index (κ1) is 21.7. The Hall–Kier alpha value is -2.60. The monoisotopic (exact) mass is 400 g/mol. The van der Waals surface area contributed by atoms with Crippen LogP contribution in [0.15, 0.2) is 48.5 Å². The smallest absolute Gasteiger partial charge is 0.257 e. The van der Waals surface area contributed by atoms with Crippen molar-refractivity contribution in [1.29, 1.82) is 0 Å². The molecule has 0 fully saturated rings. The van der Waals surface area contributed by atoms with Crippen LogP contribution < -0.4 is 20.1 Å². The zero-order valence-electron chi connectivity index (χ0n) is 16.7. The van der Waals surface area contributed by atoms with Crippen molar-refractivity contribution in [3.05, 3.63) is 54.1 Å². The number of thiocarbonyl (C=S) groups is 1. The molecule has 2 N–H and O–H groups in total. The van der Waals surface area contributed by atoms with Crippen molar-refractivity contribution in [2.45, 2.75) is 33.6 Å². The molecule has 2 rings (SSSR count). The number of benzene rings is 2. The van der Waals surface area contributed by atoms with Crippen LogP contribution in [0, 0.1) is 5.92 Å². The van der Waals surface area contributed by atoms with E-state index in [1.807, 2.05) is 31.2 Å². The van der Waals surface area contributed by atoms with Gasteiger partial charge in [-0.15, -0.1) is 0 Å². The van der Waals surface area contributed by atoms with E-state index in [1.165, 1.54) is 0 Å². The van der Waals surface area contributed by atoms with E-state index in [4.69, 9.17) is 21.7 Å². The lowest BCUT2D eigenvalue weighted by Crippen LogP contribution is -2.34. The van der Waals surface area contributed by atoms with Crippen LogP contribution in [0.1, 0.15) is 44.0 Å². The first-order valence-electron chi connectivity index (χ1n) is 9.56. The Kier molecular flexibility index (Phi) is 8.75. The maximum Gasteiger partial charge on any atom is 0.257 e. The SMILES string of the molecule is CCCOc1ccc(C(=O)NC(=S)Nc2cccc(OCCC(C)C)c2)cc1. The Labute approximate surface area is 172 Å². The number of amides is 1. The average Bonchev–Trinajstić information content (AvgIpc) is 2.66. The van der Waals surface area contributed by atoms with Crippen LogP contribution in [-0.2, 0) is 0 Å². The van der Waals surface area contributed by atoms with E-state index in [1.54, 1.807) is 24.3 Å². The van der Waals surface area contributed by atoms with Gasteiger partial charge < -0.3 is 14.8 Å². The molecule has 0 radical (unpaired) electrons. The number of hydrogen-bond acceptors (Lipinski definition) is 4. The Balaban J connectivity index is 1.86. The van der Waals surface area contributed by atoms with Gasteiger partial charge in [-0.3, -0.25) is 10.1 Å². The summed E-state index contributed by atoms with van der Waals surface area (Å²) in [5.74, 6) is 1.83. The summed E-state index contributed by atoms with van der Waals surface area (Å²) in [6.45, 7) is 7.69. The molecule has 0 unspecified atom stereocenters. The lowest BCUT2D eigenvalue weighted by atomic mass is 10.1. The van der Waals surface area contributed by atoms with Crippen molar-refractivity contribution in [3.63, 3.8) is 0 Å². The van der Waals surface area contributed by atoms with Gasteiger partial charge in [0.15, 0.2) is 5.11 Å². The zero-order valence-corrected chi connectivity index (χ0v) is 17.5. The molecular formula is C22H28N2O3S. The van der Waals surface area contributed by atoms with E-state index in [9.17, 15) is 4.79 Å². The predicted octanol–water partition coefficient (Wildman–Crippen LogP) is 5.03. The number of ether oxygens (including phenoxy) is 2. The topological polar surface area (TPSA) is 59.6 Å². The van der Waals surface area contributed by atoms with Gasteiger partial charge >= 0.3 is 0 Å². The summed E-state index contributed by atoms with van der Waals surface area (Å²) in [5.41, 5.74) is 1.27. The summed E-state index contributed by atoms with van der Waals surface area (Å²) >= 11 is 5.25. The van der Waals surface area contributed by atoms with Gasteiger partial charge in [-0.25, -0.2) is 0 Å². The highest BCUT2D eigenvalue weighted by molar-refractivity contribution is 7.80. The minimum Gasteiger partial charge on any atom is -0.494 e. The summed E-state index contributed by atoms with van der Waals surface area (Å²) < 4.78 is 11.3. The highest BCUT2D eigenvalue weighted by Crippen LogP contribution is 2.18. The van der Waals surface area contributed by atoms with Crippen molar-refractivity contribution >= 4 is 28.9 Å². The molecule has 0 aliphatic rings. The van der Waals surface area contributed by atoms with Gasteiger partial charge in [0.05, 0.1) is 13.2 Å². The van der Waals surface area contributed by atoms with Gasteiger partial charge in [0.2, 0.25) is 0 Å². The molecule has 0 aliphatic carbocycles. The van der Waals surface area contributed by atoms with Gasteiger partial charge in [0.1, 0.15) is 11.5 Å². The highest BCUT2D eigenvalue weighted by atomic mass is 32.1. The number of carbonyl (C=O) groups excluding carboxylic acids is 1. The molecule has 2 aromatic rings. The molecule has 0 heterocycles. The summed E-state index contributed by atoms with van der Waals surface area (Å²) in [4.78, 5) is 12.3. The van der Waals surface area contributed by atoms with Crippen LogP contribution in [0.4, 0.5) is 5.69 Å². The van der Waals surface area contributed by atoms with Crippen molar-refractivity contribution in [3.8, 4) is 11.5 Å². The van der Waals surface area contributed by atoms with Crippen molar-refractivity contribution < 1.29 is 14.3 Å². The van der Waals surface area contributed by atoms with Crippen LogP contribution >= 0.6 is 12.2 Å². The fourth-order valence-corrected chi connectivity index (χ4v) is 2.55. The van der Waals surface area contributed by atoms with E-state index < -0.39 is 0 Å². The Bertz CT molecular complexity index is 776. The second-order valence-corrected chi connectivity index (χ2v) is 7.25. The standard InChI is InChI=1S/C22H28N2O3S/c1-4-13-26-19-10-8-17(9-11-19)21(25)24-22(28)23-18-6-5-7-20(15-18)27-14-12-16(2)3/h5-11,15-16H,4,12-14H2,1-3H3,(H2,23,24,25,28). The van der Waals surface area contributed by atoms with Gasteiger partial charge in [-0.2, -0.15) is 0 Å². The molecule has 2 aromatic carbocycles. The molecule has 0 atom stereocenters. The fraction of sp³-hybridized carbons (Fsp3) is 0.364. The third-order valence-corrected chi connectivity index (χ3v) is 4.08. The molecule has 150 valence electrons. The molecule has 0 aliphatic heterocycles. The lowest BCUT2D eigenvalue weighted by molar-refractivity contribution is 0.0977. The quantitative estimate of drug-likeness (QED) is 0.578. The Morgan fingerprint density at radius 2 is 1.75 bits per heavy atom. The Morgan fingerprint density at radius 1 is 1.04 bits per heavy atom. The van der Waals surface area contributed by atoms with Crippen molar-refractivity contribution in [2.75, 3.05) is 18.5 Å². The molecule has 6 heteroatoms. The molecule has 1 amide bonds. The van der Waals surface area contributed by atoms with Crippen molar-refractivity contribution in [1.82, 2.24) is 5.32 Å². The highest BCUT2D eigenvalue weighted by Gasteiger charge is 2.09. The number of carbonyl (C=O) groups is 1. The molecule has 0 bridgehead atoms. The van der Waals surface area contributed by atoms with E-state index in [-0.39, 0.29) is 11.0 Å². The van der Waals surface area contributed by atoms with E-state index >= 15 is 0 Å². The minimum absolute atomic E-state index is 0.232. The van der Waals surface area contributed by atoms with Crippen LogP contribution in [0.3, 0.4) is 0 Å². The van der Waals surface area contributed by atoms with Gasteiger partial charge in [0.25, 0.3) is 5.91 Å². The summed E-state index contributed by atoms with van der Waals surface area (Å²) in [6, 6.07) is 14.5. The maximum absolute atomic E-state index is 12.3. The molecule has 0 saturated heterocycles. The zero-order chi connectivity index (χ0) is 20.4. The van der Waals surface area contributed by atoms with E-state index in [0.717, 1.165) is 30.0 Å². The average molecular weight is 401 g/mol. The van der Waals surface area contributed by atoms with Crippen LogP contribution in [-0.4, -0.2) is 24.2 Å². The van der Waals surface area contributed by atoms with Crippen molar-refractivity contribution in [2.24, 2.45) is 5.92 Å². The van der Waals surface area contributed by atoms with E-state index in [0.29, 0.717) is 24.7 Å². The molecular weight excluding hydrogens is 372 g/mol. The van der Waals surface area contributed by atoms with Gasteiger partial charge in [0, 0.05) is 17.3 Å². The van der Waals surface area contributed by atoms with E-state index in [2.05, 4.69) is 24.5 Å². The first-order chi connectivity index (χ1) is 13.5. The normalized spacial score (nSPS) is 10.4. The van der Waals surface area contributed by atoms with Gasteiger partial charge in [-0.05, 0) is 67.4 Å². The molecule has 5 nitrogen and oxygen atoms in total. The Morgan fingerprint density at radius 3 is 2.43 bits per heavy atom. The largest absolute Gasteiger partial charge is 0.494 e. The summed E-state index contributed by atoms with van der Waals surface area (Å²) in [5, 5.41) is 5.93. The molecule has 0 spiro atoms. The second-order valence-electron chi connectivity index (χ2n) is 6.84. The maximum atomic E-state index is 12.3. The first-order valence-corrected chi connectivity index (χ1v) is 9.96. The second kappa shape index (κ2) is 11.3. The third kappa shape index (κ3) is 7.56. The van der Waals surface area contributed by atoms with Crippen LogP contribution in [0.5, 0.6) is 11.5 Å². The van der Waals surface area contributed by atoms with Crippen LogP contribution in [0.2, 0.25) is 0 Å². The number of hydrogen-bond donors (Lipinski definition) is 2. The number of rotatable bonds is 9. The van der Waals surface area contributed by atoms with Gasteiger partial charge in [-0.1, -0.05) is 26.8 Å². The predicted molar refractivity (Wildman–Crippen MR) is 117 cm³/mol.